The second-order valence-corrected chi connectivity index (χ2v) is 10.6. The van der Waals surface area contributed by atoms with Gasteiger partial charge in [-0.1, -0.05) is 104 Å². The van der Waals surface area contributed by atoms with Gasteiger partial charge >= 0.3 is 0 Å². The largest absolute Gasteiger partial charge is 1.00 e. The van der Waals surface area contributed by atoms with E-state index in [0.717, 1.165) is 0 Å². The van der Waals surface area contributed by atoms with Gasteiger partial charge in [-0.15, -0.1) is 0 Å². The molecule has 0 aromatic carbocycles. The molecule has 0 aromatic heterocycles. The molecule has 0 saturated carbocycles. The van der Waals surface area contributed by atoms with E-state index in [2.05, 4.69) is 49.0 Å². The van der Waals surface area contributed by atoms with Crippen molar-refractivity contribution in [1.82, 2.24) is 0 Å². The summed E-state index contributed by atoms with van der Waals surface area (Å²) in [5.41, 5.74) is 0. The summed E-state index contributed by atoms with van der Waals surface area (Å²) in [5, 5.41) is 0. The van der Waals surface area contributed by atoms with E-state index < -0.39 is 0 Å². The highest BCUT2D eigenvalue weighted by Gasteiger charge is 2.09. The molecule has 0 saturated heterocycles. The Labute approximate surface area is 226 Å². The zero-order chi connectivity index (χ0) is 22.9. The van der Waals surface area contributed by atoms with Crippen molar-refractivity contribution in [3.05, 3.63) is 0 Å². The van der Waals surface area contributed by atoms with Gasteiger partial charge in [0.25, 0.3) is 0 Å². The van der Waals surface area contributed by atoms with Crippen LogP contribution in [0.15, 0.2) is 0 Å². The van der Waals surface area contributed by atoms with Crippen molar-refractivity contribution in [2.45, 2.75) is 136 Å². The van der Waals surface area contributed by atoms with Crippen LogP contribution in [0.1, 0.15) is 136 Å². The molecule has 0 atom stereocenters. The van der Waals surface area contributed by atoms with Crippen LogP contribution in [0.4, 0.5) is 0 Å². The van der Waals surface area contributed by atoms with Crippen molar-refractivity contribution in [3.63, 3.8) is 0 Å². The number of hydrogen-bond donors (Lipinski definition) is 1. The Morgan fingerprint density at radius 3 is 1.09 bits per heavy atom. The quantitative estimate of drug-likeness (QED) is 0.152. The third kappa shape index (κ3) is 38.2. The molecule has 0 aliphatic rings. The summed E-state index contributed by atoms with van der Waals surface area (Å²) in [5.74, 6) is 0. The number of halogens is 2. The normalized spacial score (nSPS) is 10.9. The number of hydrogen-bond acceptors (Lipinski definition) is 0. The molecule has 4 heteroatoms. The third-order valence-corrected chi connectivity index (χ3v) is 6.50. The van der Waals surface area contributed by atoms with E-state index in [9.17, 15) is 0 Å². The standard InChI is InChI=1S/C14H32N.C14H31N.2BrH/c1-5-7-8-9-10-11-12-13-14-15(3,4)6-2;1-4-5-6-7-8-9-10-11-12-13-14-15(2)3;;/h5-14H2,1-4H3;4-14H2,1-3H3;2*1H/q+1;;;/p-1. The molecular weight excluding hydrogens is 524 g/mol. The lowest BCUT2D eigenvalue weighted by atomic mass is 10.1. The predicted molar refractivity (Wildman–Crippen MR) is 140 cm³/mol. The smallest absolute Gasteiger partial charge is 0.0782 e. The third-order valence-electron chi connectivity index (χ3n) is 6.50. The van der Waals surface area contributed by atoms with Gasteiger partial charge in [0, 0.05) is 0 Å². The molecule has 2 nitrogen and oxygen atoms in total. The van der Waals surface area contributed by atoms with E-state index in [-0.39, 0.29) is 34.0 Å². The minimum Gasteiger partial charge on any atom is -1.00 e. The summed E-state index contributed by atoms with van der Waals surface area (Å²) < 4.78 is 1.19. The van der Waals surface area contributed by atoms with Crippen LogP contribution in [0.2, 0.25) is 0 Å². The van der Waals surface area contributed by atoms with Crippen molar-refractivity contribution in [2.24, 2.45) is 0 Å². The van der Waals surface area contributed by atoms with Crippen LogP contribution in [-0.2, 0) is 0 Å². The SMILES string of the molecule is CCCCCCCCCCCC[NH+](C)C.CCCCCCCCCC[N+](C)(C)CC.[Br-].[Br-]. The molecule has 200 valence electrons. The van der Waals surface area contributed by atoms with Gasteiger partial charge in [0.2, 0.25) is 0 Å². The fourth-order valence-corrected chi connectivity index (χ4v) is 3.80. The Balaban J connectivity index is -0.000000231. The molecule has 32 heavy (non-hydrogen) atoms. The van der Waals surface area contributed by atoms with Crippen molar-refractivity contribution in [2.75, 3.05) is 47.8 Å². The van der Waals surface area contributed by atoms with E-state index in [1.54, 1.807) is 4.90 Å². The maximum absolute atomic E-state index is 2.33. The number of rotatable bonds is 21. The lowest BCUT2D eigenvalue weighted by Crippen LogP contribution is -3.05. The second kappa shape index (κ2) is 31.9. The van der Waals surface area contributed by atoms with Gasteiger partial charge in [-0.05, 0) is 32.6 Å². The van der Waals surface area contributed by atoms with E-state index in [0.29, 0.717) is 0 Å². The summed E-state index contributed by atoms with van der Waals surface area (Å²) in [6.07, 6.45) is 25.9. The first-order valence-electron chi connectivity index (χ1n) is 14.0. The Morgan fingerprint density at radius 2 is 0.781 bits per heavy atom. The van der Waals surface area contributed by atoms with E-state index in [4.69, 9.17) is 0 Å². The average Bonchev–Trinajstić information content (AvgIpc) is 2.71. The van der Waals surface area contributed by atoms with Crippen LogP contribution < -0.4 is 38.9 Å². The fourth-order valence-electron chi connectivity index (χ4n) is 3.80. The Kier molecular flexibility index (Phi) is 39.9. The highest BCUT2D eigenvalue weighted by Crippen LogP contribution is 2.11. The van der Waals surface area contributed by atoms with Gasteiger partial charge in [0.1, 0.15) is 0 Å². The molecule has 0 spiro atoms. The maximum Gasteiger partial charge on any atom is 0.0782 e. The summed E-state index contributed by atoms with van der Waals surface area (Å²) in [6, 6.07) is 0. The van der Waals surface area contributed by atoms with Crippen LogP contribution in [-0.4, -0.2) is 52.3 Å². The molecule has 0 aromatic rings. The van der Waals surface area contributed by atoms with Crippen LogP contribution in [0, 0.1) is 0 Å². The summed E-state index contributed by atoms with van der Waals surface area (Å²) in [6.45, 7) is 10.8. The topological polar surface area (TPSA) is 4.44 Å². The first kappa shape index (κ1) is 40.1. The van der Waals surface area contributed by atoms with Crippen LogP contribution in [0.25, 0.3) is 0 Å². The van der Waals surface area contributed by atoms with Crippen LogP contribution in [0.5, 0.6) is 0 Å². The lowest BCUT2D eigenvalue weighted by Gasteiger charge is -2.28. The molecule has 0 aliphatic heterocycles. The molecule has 0 fully saturated rings. The molecular formula is C28H64Br2N2. The predicted octanol–water partition coefficient (Wildman–Crippen LogP) is 1.28. The van der Waals surface area contributed by atoms with Gasteiger partial charge in [-0.2, -0.15) is 0 Å². The zero-order valence-corrected chi connectivity index (χ0v) is 26.7. The molecule has 1 N–H and O–H groups in total. The molecule has 0 aliphatic carbocycles. The molecule has 0 bridgehead atoms. The molecule has 0 unspecified atom stereocenters. The van der Waals surface area contributed by atoms with Crippen molar-refractivity contribution in [3.8, 4) is 0 Å². The first-order chi connectivity index (χ1) is 14.4. The van der Waals surface area contributed by atoms with E-state index in [1.165, 1.54) is 140 Å². The Morgan fingerprint density at radius 1 is 0.469 bits per heavy atom. The van der Waals surface area contributed by atoms with Gasteiger partial charge in [-0.3, -0.25) is 0 Å². The zero-order valence-electron chi connectivity index (χ0n) is 23.6. The number of quaternary nitrogens is 2. The summed E-state index contributed by atoms with van der Waals surface area (Å²) in [7, 11) is 9.16. The molecule has 0 rings (SSSR count). The second-order valence-electron chi connectivity index (χ2n) is 10.6. The number of nitrogens with one attached hydrogen (secondary N) is 1. The first-order valence-corrected chi connectivity index (χ1v) is 14.0. The van der Waals surface area contributed by atoms with Gasteiger partial charge in [-0.25, -0.2) is 0 Å². The molecule has 0 radical (unpaired) electrons. The van der Waals surface area contributed by atoms with Gasteiger partial charge in [0.15, 0.2) is 0 Å². The average molecular weight is 589 g/mol. The maximum atomic E-state index is 2.33. The highest BCUT2D eigenvalue weighted by atomic mass is 79.9. The molecule has 0 amide bonds. The van der Waals surface area contributed by atoms with E-state index >= 15 is 0 Å². The Hall–Kier alpha value is 0.880. The van der Waals surface area contributed by atoms with Crippen LogP contribution in [0.3, 0.4) is 0 Å². The van der Waals surface area contributed by atoms with Crippen molar-refractivity contribution in [1.29, 1.82) is 0 Å². The monoisotopic (exact) mass is 586 g/mol. The number of unbranched alkanes of at least 4 members (excludes halogenated alkanes) is 16. The van der Waals surface area contributed by atoms with Gasteiger partial charge in [0.05, 0.1) is 47.8 Å². The molecule has 0 heterocycles. The van der Waals surface area contributed by atoms with Gasteiger partial charge < -0.3 is 43.3 Å². The van der Waals surface area contributed by atoms with Crippen molar-refractivity contribution >= 4 is 0 Å². The fraction of sp³-hybridized carbons (Fsp3) is 1.00. The summed E-state index contributed by atoms with van der Waals surface area (Å²) >= 11 is 0. The minimum absolute atomic E-state index is 0. The Bertz CT molecular complexity index is 310. The lowest BCUT2D eigenvalue weighted by molar-refractivity contribution is -0.888. The van der Waals surface area contributed by atoms with Crippen molar-refractivity contribution < 1.29 is 43.3 Å². The summed E-state index contributed by atoms with van der Waals surface area (Å²) in [4.78, 5) is 1.59. The number of nitrogens with zero attached hydrogens (tertiary/aromatic N) is 1. The van der Waals surface area contributed by atoms with E-state index in [1.807, 2.05) is 0 Å². The van der Waals surface area contributed by atoms with Crippen LogP contribution >= 0.6 is 0 Å². The minimum atomic E-state index is 0. The highest BCUT2D eigenvalue weighted by molar-refractivity contribution is 4.47.